The van der Waals surface area contributed by atoms with Crippen molar-refractivity contribution in [3.63, 3.8) is 0 Å². The van der Waals surface area contributed by atoms with Crippen molar-refractivity contribution in [3.8, 4) is 0 Å². The van der Waals surface area contributed by atoms with Crippen LogP contribution < -0.4 is 5.32 Å². The van der Waals surface area contributed by atoms with E-state index in [4.69, 9.17) is 23.2 Å². The predicted octanol–water partition coefficient (Wildman–Crippen LogP) is 5.28. The Hall–Kier alpha value is -1.30. The molecule has 0 fully saturated rings. The monoisotopic (exact) mass is 374 g/mol. The molecule has 2 aromatic carbocycles. The topological polar surface area (TPSA) is 55.2 Å². The Morgan fingerprint density at radius 1 is 1.20 bits per heavy atom. The average molecular weight is 376 g/mol. The van der Waals surface area contributed by atoms with Crippen LogP contribution in [0.3, 0.4) is 0 Å². The van der Waals surface area contributed by atoms with Crippen LogP contribution in [0.1, 0.15) is 5.56 Å². The molecule has 0 saturated heterocycles. The summed E-state index contributed by atoms with van der Waals surface area (Å²) in [6, 6.07) is 9.97. The third kappa shape index (κ3) is 3.62. The van der Waals surface area contributed by atoms with Crippen molar-refractivity contribution >= 4 is 50.5 Å². The molecule has 0 heterocycles. The van der Waals surface area contributed by atoms with Gasteiger partial charge in [-0.15, -0.1) is 0 Å². The third-order valence-corrected chi connectivity index (χ3v) is 3.72. The van der Waals surface area contributed by atoms with Crippen molar-refractivity contribution in [2.75, 3.05) is 5.32 Å². The summed E-state index contributed by atoms with van der Waals surface area (Å²) in [7, 11) is 0. The standard InChI is InChI=1S/C13H9BrCl2N2O2/c14-9-2-1-8(11(16)5-9)7-17-12-4-3-10(15)6-13(12)18(19)20/h1-6,17H,7H2. The van der Waals surface area contributed by atoms with Crippen molar-refractivity contribution in [1.29, 1.82) is 0 Å². The number of anilines is 1. The highest BCUT2D eigenvalue weighted by molar-refractivity contribution is 9.10. The van der Waals surface area contributed by atoms with Crippen LogP contribution in [0.5, 0.6) is 0 Å². The molecule has 4 nitrogen and oxygen atoms in total. The Labute approximate surface area is 134 Å². The molecule has 0 radical (unpaired) electrons. The Bertz CT molecular complexity index is 665. The zero-order chi connectivity index (χ0) is 14.7. The number of rotatable bonds is 4. The van der Waals surface area contributed by atoms with Gasteiger partial charge in [-0.1, -0.05) is 45.2 Å². The van der Waals surface area contributed by atoms with Crippen LogP contribution in [0.25, 0.3) is 0 Å². The van der Waals surface area contributed by atoms with E-state index in [0.717, 1.165) is 10.0 Å². The van der Waals surface area contributed by atoms with Crippen LogP contribution in [0.15, 0.2) is 40.9 Å². The first-order chi connectivity index (χ1) is 9.47. The number of nitro benzene ring substituents is 1. The first-order valence-corrected chi connectivity index (χ1v) is 7.14. The van der Waals surface area contributed by atoms with Gasteiger partial charge in [-0.05, 0) is 29.8 Å². The Kier molecular flexibility index (Phi) is 4.86. The van der Waals surface area contributed by atoms with Crippen molar-refractivity contribution in [1.82, 2.24) is 0 Å². The minimum absolute atomic E-state index is 0.0641. The average Bonchev–Trinajstić information content (AvgIpc) is 2.38. The fourth-order valence-corrected chi connectivity index (χ4v) is 2.57. The van der Waals surface area contributed by atoms with E-state index in [2.05, 4.69) is 21.2 Å². The lowest BCUT2D eigenvalue weighted by atomic mass is 10.2. The molecule has 0 aliphatic heterocycles. The van der Waals surface area contributed by atoms with E-state index in [9.17, 15) is 10.1 Å². The largest absolute Gasteiger partial charge is 0.375 e. The van der Waals surface area contributed by atoms with Gasteiger partial charge in [-0.25, -0.2) is 0 Å². The maximum Gasteiger partial charge on any atom is 0.293 e. The van der Waals surface area contributed by atoms with Gasteiger partial charge in [-0.3, -0.25) is 10.1 Å². The molecule has 2 aromatic rings. The second-order valence-corrected chi connectivity index (χ2v) is 5.77. The van der Waals surface area contributed by atoms with E-state index in [1.165, 1.54) is 6.07 Å². The molecule has 0 aromatic heterocycles. The summed E-state index contributed by atoms with van der Waals surface area (Å²) in [5.41, 5.74) is 1.18. The number of nitrogens with zero attached hydrogens (tertiary/aromatic N) is 1. The molecule has 2 rings (SSSR count). The summed E-state index contributed by atoms with van der Waals surface area (Å²) in [4.78, 5) is 10.5. The van der Waals surface area contributed by atoms with Crippen molar-refractivity contribution in [2.45, 2.75) is 6.54 Å². The van der Waals surface area contributed by atoms with Crippen LogP contribution in [-0.4, -0.2) is 4.92 Å². The van der Waals surface area contributed by atoms with Gasteiger partial charge in [0.2, 0.25) is 0 Å². The Morgan fingerprint density at radius 3 is 2.60 bits per heavy atom. The van der Waals surface area contributed by atoms with Crippen molar-refractivity contribution < 1.29 is 4.92 Å². The lowest BCUT2D eigenvalue weighted by Gasteiger charge is -2.09. The van der Waals surface area contributed by atoms with Crippen molar-refractivity contribution in [2.24, 2.45) is 0 Å². The maximum atomic E-state index is 11.0. The third-order valence-electron chi connectivity index (χ3n) is 2.64. The summed E-state index contributed by atoms with van der Waals surface area (Å²) >= 11 is 15.2. The molecule has 0 aliphatic rings. The molecule has 0 saturated carbocycles. The van der Waals surface area contributed by atoms with Gasteiger partial charge in [0, 0.05) is 27.1 Å². The number of halogens is 3. The van der Waals surface area contributed by atoms with Crippen LogP contribution in [0, 0.1) is 10.1 Å². The number of benzene rings is 2. The molecule has 1 N–H and O–H groups in total. The minimum atomic E-state index is -0.475. The molecule has 104 valence electrons. The van der Waals surface area contributed by atoms with E-state index in [1.54, 1.807) is 18.2 Å². The van der Waals surface area contributed by atoms with Gasteiger partial charge in [0.25, 0.3) is 5.69 Å². The fraction of sp³-hybridized carbons (Fsp3) is 0.0769. The second kappa shape index (κ2) is 6.43. The van der Waals surface area contributed by atoms with Crippen LogP contribution in [-0.2, 0) is 6.54 Å². The van der Waals surface area contributed by atoms with E-state index in [1.807, 2.05) is 12.1 Å². The Morgan fingerprint density at radius 2 is 1.95 bits per heavy atom. The minimum Gasteiger partial charge on any atom is -0.375 e. The highest BCUT2D eigenvalue weighted by Crippen LogP contribution is 2.29. The first-order valence-electron chi connectivity index (χ1n) is 5.59. The number of hydrogen-bond acceptors (Lipinski definition) is 3. The molecule has 7 heteroatoms. The maximum absolute atomic E-state index is 11.0. The second-order valence-electron chi connectivity index (χ2n) is 4.01. The molecular weight excluding hydrogens is 367 g/mol. The van der Waals surface area contributed by atoms with Gasteiger partial charge in [0.1, 0.15) is 5.69 Å². The summed E-state index contributed by atoms with van der Waals surface area (Å²) < 4.78 is 0.878. The first kappa shape index (κ1) is 15.1. The lowest BCUT2D eigenvalue weighted by Crippen LogP contribution is -2.03. The van der Waals surface area contributed by atoms with Gasteiger partial charge < -0.3 is 5.32 Å². The fourth-order valence-electron chi connectivity index (χ4n) is 1.66. The zero-order valence-electron chi connectivity index (χ0n) is 10.1. The summed E-state index contributed by atoms with van der Waals surface area (Å²) in [6.45, 7) is 0.384. The normalized spacial score (nSPS) is 10.3. The van der Waals surface area contributed by atoms with E-state index >= 15 is 0 Å². The molecule has 0 bridgehead atoms. The number of nitro groups is 1. The van der Waals surface area contributed by atoms with Crippen molar-refractivity contribution in [3.05, 3.63) is 66.6 Å². The van der Waals surface area contributed by atoms with Crippen LogP contribution >= 0.6 is 39.1 Å². The summed E-state index contributed by atoms with van der Waals surface area (Å²) in [6.07, 6.45) is 0. The number of nitrogens with one attached hydrogen (secondary N) is 1. The molecular formula is C13H9BrCl2N2O2. The molecule has 20 heavy (non-hydrogen) atoms. The summed E-state index contributed by atoms with van der Waals surface area (Å²) in [5, 5.41) is 14.9. The van der Waals surface area contributed by atoms with E-state index in [-0.39, 0.29) is 5.69 Å². The lowest BCUT2D eigenvalue weighted by molar-refractivity contribution is -0.383. The smallest absolute Gasteiger partial charge is 0.293 e. The summed E-state index contributed by atoms with van der Waals surface area (Å²) in [5.74, 6) is 0. The molecule has 0 amide bonds. The molecule has 0 aliphatic carbocycles. The van der Waals surface area contributed by atoms with Gasteiger partial charge in [0.15, 0.2) is 0 Å². The van der Waals surface area contributed by atoms with Gasteiger partial charge in [-0.2, -0.15) is 0 Å². The van der Waals surface area contributed by atoms with Crippen LogP contribution in [0.4, 0.5) is 11.4 Å². The molecule has 0 unspecified atom stereocenters. The molecule has 0 spiro atoms. The molecule has 0 atom stereocenters. The zero-order valence-corrected chi connectivity index (χ0v) is 13.2. The van der Waals surface area contributed by atoms with E-state index in [0.29, 0.717) is 22.3 Å². The predicted molar refractivity (Wildman–Crippen MR) is 84.6 cm³/mol. The SMILES string of the molecule is O=[N+]([O-])c1cc(Cl)ccc1NCc1ccc(Br)cc1Cl. The quantitative estimate of drug-likeness (QED) is 0.584. The van der Waals surface area contributed by atoms with Crippen LogP contribution in [0.2, 0.25) is 10.0 Å². The highest BCUT2D eigenvalue weighted by Gasteiger charge is 2.14. The highest BCUT2D eigenvalue weighted by atomic mass is 79.9. The van der Waals surface area contributed by atoms with Gasteiger partial charge >= 0.3 is 0 Å². The van der Waals surface area contributed by atoms with Gasteiger partial charge in [0.05, 0.1) is 4.92 Å². The number of hydrogen-bond donors (Lipinski definition) is 1. The van der Waals surface area contributed by atoms with E-state index < -0.39 is 4.92 Å². The Balaban J connectivity index is 2.20.